The van der Waals surface area contributed by atoms with Crippen molar-refractivity contribution in [2.45, 2.75) is 25.9 Å². The van der Waals surface area contributed by atoms with Crippen LogP contribution in [0.25, 0.3) is 22.9 Å². The van der Waals surface area contributed by atoms with Crippen LogP contribution in [0, 0.1) is 20.8 Å². The van der Waals surface area contributed by atoms with Gasteiger partial charge in [0.2, 0.25) is 11.1 Å². The van der Waals surface area contributed by atoms with Crippen LogP contribution in [-0.4, -0.2) is 46.1 Å². The second kappa shape index (κ2) is 9.70. The highest BCUT2D eigenvalue weighted by atomic mass is 32.2. The number of amides is 1. The van der Waals surface area contributed by atoms with Crippen molar-refractivity contribution in [1.82, 2.24) is 34.4 Å². The monoisotopic (exact) mass is 499 g/mol. The van der Waals surface area contributed by atoms with Gasteiger partial charge in [0.1, 0.15) is 5.82 Å². The lowest BCUT2D eigenvalue weighted by Gasteiger charge is -2.09. The molecule has 5 rings (SSSR count). The molecular formula is C25H25N9OS. The molecule has 0 saturated carbocycles. The smallest absolute Gasteiger partial charge is 0.271 e. The van der Waals surface area contributed by atoms with Gasteiger partial charge in [0.15, 0.2) is 0 Å². The molecule has 36 heavy (non-hydrogen) atoms. The van der Waals surface area contributed by atoms with E-state index in [1.807, 2.05) is 87.5 Å². The Morgan fingerprint density at radius 1 is 0.944 bits per heavy atom. The van der Waals surface area contributed by atoms with Gasteiger partial charge < -0.3 is 11.2 Å². The second-order valence-corrected chi connectivity index (χ2v) is 9.30. The number of nitrogens with one attached hydrogen (secondary N) is 1. The number of hydrogen-bond donors (Lipinski definition) is 2. The Bertz CT molecular complexity index is 1520. The number of nitrogens with two attached hydrogens (primary N) is 1. The number of carbonyl (C=O) groups is 1. The van der Waals surface area contributed by atoms with Crippen LogP contribution in [0.1, 0.15) is 17.0 Å². The largest absolute Gasteiger partial charge is 0.334 e. The molecule has 5 aromatic rings. The summed E-state index contributed by atoms with van der Waals surface area (Å²) in [5, 5.41) is 20.8. The number of anilines is 1. The molecule has 2 aromatic carbocycles. The lowest BCUT2D eigenvalue weighted by atomic mass is 10.1. The molecule has 3 aromatic heterocycles. The van der Waals surface area contributed by atoms with Crippen LogP contribution in [0.4, 0.5) is 5.82 Å². The number of aromatic nitrogens is 7. The van der Waals surface area contributed by atoms with Crippen molar-refractivity contribution in [2.24, 2.45) is 0 Å². The average molecular weight is 500 g/mol. The van der Waals surface area contributed by atoms with Crippen LogP contribution < -0.4 is 11.2 Å². The predicted molar refractivity (Wildman–Crippen MR) is 140 cm³/mol. The van der Waals surface area contributed by atoms with Gasteiger partial charge in [-0.1, -0.05) is 59.8 Å². The van der Waals surface area contributed by atoms with Gasteiger partial charge in [-0.15, -0.1) is 10.2 Å². The highest BCUT2D eigenvalue weighted by molar-refractivity contribution is 7.99. The summed E-state index contributed by atoms with van der Waals surface area (Å²) in [6.07, 6.45) is 0. The first-order chi connectivity index (χ1) is 17.4. The van der Waals surface area contributed by atoms with E-state index in [2.05, 4.69) is 20.6 Å². The molecule has 11 heteroatoms. The van der Waals surface area contributed by atoms with E-state index >= 15 is 0 Å². The molecule has 0 unspecified atom stereocenters. The van der Waals surface area contributed by atoms with Gasteiger partial charge in [0, 0.05) is 17.3 Å². The van der Waals surface area contributed by atoms with Crippen molar-refractivity contribution in [2.75, 3.05) is 16.9 Å². The molecular weight excluding hydrogens is 474 g/mol. The SMILES string of the molecule is Cc1ccc(-c2cc(NC(=O)CSc3nnc(-n4nc(C)cc4C)n3N)n(-c3ccccc3)n2)cc1. The fourth-order valence-electron chi connectivity index (χ4n) is 3.75. The van der Waals surface area contributed by atoms with Gasteiger partial charge in [-0.25, -0.2) is 14.0 Å². The molecule has 0 bridgehead atoms. The lowest BCUT2D eigenvalue weighted by molar-refractivity contribution is -0.113. The average Bonchev–Trinajstić information content (AvgIpc) is 3.55. The molecule has 0 radical (unpaired) electrons. The van der Waals surface area contributed by atoms with Crippen LogP contribution in [-0.2, 0) is 4.79 Å². The molecule has 0 saturated heterocycles. The summed E-state index contributed by atoms with van der Waals surface area (Å²) >= 11 is 1.19. The quantitative estimate of drug-likeness (QED) is 0.259. The van der Waals surface area contributed by atoms with Crippen LogP contribution in [0.2, 0.25) is 0 Å². The van der Waals surface area contributed by atoms with E-state index in [9.17, 15) is 4.79 Å². The van der Waals surface area contributed by atoms with Crippen molar-refractivity contribution < 1.29 is 4.79 Å². The Balaban J connectivity index is 1.34. The zero-order valence-electron chi connectivity index (χ0n) is 20.1. The molecule has 0 fully saturated rings. The Kier molecular flexibility index (Phi) is 6.30. The van der Waals surface area contributed by atoms with Gasteiger partial charge in [-0.05, 0) is 39.0 Å². The minimum absolute atomic E-state index is 0.0896. The summed E-state index contributed by atoms with van der Waals surface area (Å²) < 4.78 is 4.68. The summed E-state index contributed by atoms with van der Waals surface area (Å²) in [5.41, 5.74) is 5.48. The van der Waals surface area contributed by atoms with Gasteiger partial charge in [0.25, 0.3) is 5.95 Å². The number of hydrogen-bond acceptors (Lipinski definition) is 7. The zero-order chi connectivity index (χ0) is 25.2. The second-order valence-electron chi connectivity index (χ2n) is 8.36. The lowest BCUT2D eigenvalue weighted by Crippen LogP contribution is -2.19. The normalized spacial score (nSPS) is 11.1. The van der Waals surface area contributed by atoms with Crippen molar-refractivity contribution in [3.05, 3.63) is 83.7 Å². The molecule has 0 aliphatic carbocycles. The van der Waals surface area contributed by atoms with E-state index in [1.165, 1.54) is 22.0 Å². The Morgan fingerprint density at radius 2 is 1.69 bits per heavy atom. The number of nitrogens with zero attached hydrogens (tertiary/aromatic N) is 7. The molecule has 182 valence electrons. The molecule has 1 amide bonds. The van der Waals surface area contributed by atoms with E-state index in [1.54, 1.807) is 9.36 Å². The van der Waals surface area contributed by atoms with Crippen molar-refractivity contribution >= 4 is 23.5 Å². The highest BCUT2D eigenvalue weighted by Gasteiger charge is 2.18. The molecule has 0 spiro atoms. The maximum absolute atomic E-state index is 12.9. The Morgan fingerprint density at radius 3 is 2.39 bits per heavy atom. The standard InChI is InChI=1S/C25H25N9OS/c1-16-9-11-19(12-10-16)21-14-22(34(31-21)20-7-5-4-6-8-20)27-23(35)15-36-25-29-28-24(32(25)26)33-18(3)13-17(2)30-33/h4-14H,15,26H2,1-3H3,(H,27,35). The number of thioether (sulfide) groups is 1. The van der Waals surface area contributed by atoms with Crippen LogP contribution in [0.5, 0.6) is 0 Å². The Hall–Kier alpha value is -4.38. The summed E-state index contributed by atoms with van der Waals surface area (Å²) in [6.45, 7) is 5.85. The fraction of sp³-hybridized carbons (Fsp3) is 0.160. The predicted octanol–water partition coefficient (Wildman–Crippen LogP) is 3.69. The van der Waals surface area contributed by atoms with E-state index in [4.69, 9.17) is 10.9 Å². The number of aryl methyl sites for hydroxylation is 3. The third-order valence-electron chi connectivity index (χ3n) is 5.50. The number of rotatable bonds is 7. The minimum atomic E-state index is -0.219. The van der Waals surface area contributed by atoms with Gasteiger partial charge in [-0.2, -0.15) is 10.2 Å². The number of benzene rings is 2. The summed E-state index contributed by atoms with van der Waals surface area (Å²) in [7, 11) is 0. The number of carbonyl (C=O) groups excluding carboxylic acids is 1. The van der Waals surface area contributed by atoms with Crippen LogP contribution in [0.15, 0.2) is 71.9 Å². The van der Waals surface area contributed by atoms with Gasteiger partial charge >= 0.3 is 0 Å². The summed E-state index contributed by atoms with van der Waals surface area (Å²) in [4.78, 5) is 12.9. The van der Waals surface area contributed by atoms with E-state index < -0.39 is 0 Å². The number of nitrogen functional groups attached to an aromatic ring is 1. The fourth-order valence-corrected chi connectivity index (χ4v) is 4.41. The maximum Gasteiger partial charge on any atom is 0.271 e. The summed E-state index contributed by atoms with van der Waals surface area (Å²) in [5.74, 6) is 7.02. The third-order valence-corrected chi connectivity index (χ3v) is 6.45. The highest BCUT2D eigenvalue weighted by Crippen LogP contribution is 2.26. The zero-order valence-corrected chi connectivity index (χ0v) is 20.9. The maximum atomic E-state index is 12.9. The number of para-hydroxylation sites is 1. The van der Waals surface area contributed by atoms with E-state index in [-0.39, 0.29) is 11.7 Å². The molecule has 0 atom stereocenters. The minimum Gasteiger partial charge on any atom is -0.334 e. The van der Waals surface area contributed by atoms with Crippen molar-refractivity contribution in [1.29, 1.82) is 0 Å². The van der Waals surface area contributed by atoms with E-state index in [0.29, 0.717) is 16.9 Å². The molecule has 0 aliphatic heterocycles. The van der Waals surface area contributed by atoms with E-state index in [0.717, 1.165) is 28.3 Å². The summed E-state index contributed by atoms with van der Waals surface area (Å²) in [6, 6.07) is 21.6. The first-order valence-corrected chi connectivity index (χ1v) is 12.3. The molecule has 0 aliphatic rings. The molecule has 10 nitrogen and oxygen atoms in total. The van der Waals surface area contributed by atoms with Gasteiger partial charge in [0.05, 0.1) is 22.8 Å². The van der Waals surface area contributed by atoms with Crippen LogP contribution in [0.3, 0.4) is 0 Å². The first-order valence-electron chi connectivity index (χ1n) is 11.3. The molecule has 3 N–H and O–H groups in total. The topological polar surface area (TPSA) is 121 Å². The third kappa shape index (κ3) is 4.73. The van der Waals surface area contributed by atoms with Gasteiger partial charge in [-0.3, -0.25) is 4.79 Å². The van der Waals surface area contributed by atoms with Crippen molar-refractivity contribution in [3.8, 4) is 22.9 Å². The van der Waals surface area contributed by atoms with Crippen molar-refractivity contribution in [3.63, 3.8) is 0 Å². The first kappa shape index (κ1) is 23.4. The molecule has 3 heterocycles. The van der Waals surface area contributed by atoms with Crippen LogP contribution >= 0.6 is 11.8 Å². The Labute approximate surface area is 212 Å².